The summed E-state index contributed by atoms with van der Waals surface area (Å²) >= 11 is 0. The Kier molecular flexibility index (Phi) is 5.39. The van der Waals surface area contributed by atoms with E-state index in [1.807, 2.05) is 56.3 Å². The highest BCUT2D eigenvalue weighted by Gasteiger charge is 2.31. The molecule has 0 radical (unpaired) electrons. The Morgan fingerprint density at radius 2 is 1.97 bits per heavy atom. The molecular weight excluding hydrogens is 382 g/mol. The number of fused-ring (bicyclic) bond motifs is 1. The summed E-state index contributed by atoms with van der Waals surface area (Å²) in [5, 5.41) is 8.98. The molecule has 0 bridgehead atoms. The molecule has 1 aromatic carbocycles. The van der Waals surface area contributed by atoms with Gasteiger partial charge in [0.25, 0.3) is 11.7 Å². The third kappa shape index (κ3) is 3.85. The first-order valence-corrected chi connectivity index (χ1v) is 10.0. The number of aryl methyl sites for hydroxylation is 1. The number of carbonyl (C=O) groups excluding carboxylic acids is 2. The van der Waals surface area contributed by atoms with E-state index in [2.05, 4.69) is 15.2 Å². The molecule has 8 heteroatoms. The van der Waals surface area contributed by atoms with Crippen LogP contribution in [-0.2, 0) is 4.79 Å². The highest BCUT2D eigenvalue weighted by Crippen LogP contribution is 2.24. The molecule has 1 N–H and O–H groups in total. The lowest BCUT2D eigenvalue weighted by molar-refractivity contribution is -0.129. The molecule has 1 saturated heterocycles. The van der Waals surface area contributed by atoms with Gasteiger partial charge in [-0.1, -0.05) is 18.2 Å². The topological polar surface area (TPSA) is 91.4 Å². The zero-order valence-corrected chi connectivity index (χ0v) is 17.4. The number of aromatic nitrogens is 3. The number of hydrogen-bond acceptors (Lipinski definition) is 6. The van der Waals surface area contributed by atoms with E-state index in [-0.39, 0.29) is 6.10 Å². The zero-order chi connectivity index (χ0) is 21.3. The van der Waals surface area contributed by atoms with E-state index in [9.17, 15) is 9.59 Å². The fraction of sp³-hybridized carbons (Fsp3) is 0.364. The number of H-pyrrole nitrogens is 1. The van der Waals surface area contributed by atoms with E-state index < -0.39 is 11.7 Å². The van der Waals surface area contributed by atoms with E-state index in [0.717, 1.165) is 29.6 Å². The van der Waals surface area contributed by atoms with Crippen LogP contribution >= 0.6 is 0 Å². The standard InChI is InChI=1S/C22H25N5O3/c1-14-20(16-8-4-5-9-17(16)23-14)21(28)22(29)27-12-6-7-15(13-27)30-19-11-10-18(24-25-19)26(2)3/h4-5,8-11,15,23H,6-7,12-13H2,1-3H3. The molecule has 30 heavy (non-hydrogen) atoms. The molecule has 1 aliphatic heterocycles. The Bertz CT molecular complexity index is 1070. The van der Waals surface area contributed by atoms with Crippen LogP contribution in [0.1, 0.15) is 28.9 Å². The van der Waals surface area contributed by atoms with E-state index in [0.29, 0.717) is 30.2 Å². The predicted octanol–water partition coefficient (Wildman–Crippen LogP) is 2.59. The first-order chi connectivity index (χ1) is 14.4. The second kappa shape index (κ2) is 8.14. The van der Waals surface area contributed by atoms with Crippen molar-refractivity contribution >= 4 is 28.4 Å². The van der Waals surface area contributed by atoms with Crippen molar-refractivity contribution in [3.8, 4) is 5.88 Å². The molecule has 0 spiro atoms. The third-order valence-electron chi connectivity index (χ3n) is 5.35. The molecule has 3 heterocycles. The van der Waals surface area contributed by atoms with E-state index in [1.54, 1.807) is 11.0 Å². The second-order valence-electron chi connectivity index (χ2n) is 7.76. The molecule has 1 aliphatic rings. The quantitative estimate of drug-likeness (QED) is 0.516. The van der Waals surface area contributed by atoms with Crippen LogP contribution in [0.4, 0.5) is 5.82 Å². The minimum absolute atomic E-state index is 0.223. The smallest absolute Gasteiger partial charge is 0.295 e. The Morgan fingerprint density at radius 1 is 1.17 bits per heavy atom. The van der Waals surface area contributed by atoms with Crippen molar-refractivity contribution < 1.29 is 14.3 Å². The number of Topliss-reactive ketones (excluding diaryl/α,β-unsaturated/α-hetero) is 1. The molecule has 1 fully saturated rings. The maximum atomic E-state index is 13.0. The molecule has 0 saturated carbocycles. The fourth-order valence-electron chi connectivity index (χ4n) is 3.82. The molecule has 1 atom stereocenters. The minimum atomic E-state index is -0.495. The van der Waals surface area contributed by atoms with Gasteiger partial charge in [0.2, 0.25) is 5.88 Å². The van der Waals surface area contributed by atoms with Gasteiger partial charge < -0.3 is 19.5 Å². The lowest BCUT2D eigenvalue weighted by Gasteiger charge is -2.32. The molecule has 2 aromatic heterocycles. The number of ether oxygens (including phenoxy) is 1. The first kappa shape index (κ1) is 19.9. The summed E-state index contributed by atoms with van der Waals surface area (Å²) in [4.78, 5) is 32.6. The van der Waals surface area contributed by atoms with Gasteiger partial charge in [0.15, 0.2) is 5.82 Å². The van der Waals surface area contributed by atoms with E-state index >= 15 is 0 Å². The van der Waals surface area contributed by atoms with Crippen LogP contribution in [0.25, 0.3) is 10.9 Å². The van der Waals surface area contributed by atoms with Gasteiger partial charge >= 0.3 is 0 Å². The van der Waals surface area contributed by atoms with Gasteiger partial charge in [0.1, 0.15) is 6.10 Å². The molecular formula is C22H25N5O3. The number of para-hydroxylation sites is 1. The van der Waals surface area contributed by atoms with Crippen LogP contribution in [0.2, 0.25) is 0 Å². The second-order valence-corrected chi connectivity index (χ2v) is 7.76. The number of ketones is 1. The van der Waals surface area contributed by atoms with Gasteiger partial charge in [0.05, 0.1) is 12.1 Å². The summed E-state index contributed by atoms with van der Waals surface area (Å²) in [7, 11) is 3.78. The van der Waals surface area contributed by atoms with Crippen LogP contribution in [0.5, 0.6) is 5.88 Å². The predicted molar refractivity (Wildman–Crippen MR) is 114 cm³/mol. The van der Waals surface area contributed by atoms with Gasteiger partial charge in [-0.15, -0.1) is 10.2 Å². The molecule has 1 amide bonds. The number of rotatable bonds is 5. The first-order valence-electron chi connectivity index (χ1n) is 10.0. The molecule has 4 rings (SSSR count). The van der Waals surface area contributed by atoms with Crippen molar-refractivity contribution in [2.45, 2.75) is 25.9 Å². The maximum absolute atomic E-state index is 13.0. The lowest BCUT2D eigenvalue weighted by atomic mass is 10.0. The van der Waals surface area contributed by atoms with Crippen molar-refractivity contribution in [2.75, 3.05) is 32.1 Å². The van der Waals surface area contributed by atoms with Crippen molar-refractivity contribution in [3.05, 3.63) is 47.7 Å². The maximum Gasteiger partial charge on any atom is 0.295 e. The summed E-state index contributed by atoms with van der Waals surface area (Å²) in [5.74, 6) is 0.173. The monoisotopic (exact) mass is 407 g/mol. The van der Waals surface area contributed by atoms with Crippen molar-refractivity contribution in [1.82, 2.24) is 20.1 Å². The van der Waals surface area contributed by atoms with Gasteiger partial charge in [-0.05, 0) is 31.9 Å². The Hall–Kier alpha value is -3.42. The normalized spacial score (nSPS) is 16.5. The number of anilines is 1. The highest BCUT2D eigenvalue weighted by atomic mass is 16.5. The molecule has 156 valence electrons. The van der Waals surface area contributed by atoms with Crippen molar-refractivity contribution in [2.24, 2.45) is 0 Å². The van der Waals surface area contributed by atoms with Crippen LogP contribution in [0.15, 0.2) is 36.4 Å². The van der Waals surface area contributed by atoms with E-state index in [1.165, 1.54) is 0 Å². The Balaban J connectivity index is 1.46. The van der Waals surface area contributed by atoms with Crippen LogP contribution in [-0.4, -0.2) is 65.1 Å². The van der Waals surface area contributed by atoms with Gasteiger partial charge in [0, 0.05) is 43.3 Å². The Morgan fingerprint density at radius 3 is 2.70 bits per heavy atom. The van der Waals surface area contributed by atoms with E-state index in [4.69, 9.17) is 4.74 Å². The summed E-state index contributed by atoms with van der Waals surface area (Å²) in [6, 6.07) is 11.1. The van der Waals surface area contributed by atoms with Gasteiger partial charge in [-0.25, -0.2) is 0 Å². The number of aromatic amines is 1. The summed E-state index contributed by atoms with van der Waals surface area (Å²) < 4.78 is 5.93. The lowest BCUT2D eigenvalue weighted by Crippen LogP contribution is -2.47. The number of likely N-dealkylation sites (tertiary alicyclic amines) is 1. The number of hydrogen-bond donors (Lipinski definition) is 1. The SMILES string of the molecule is Cc1[nH]c2ccccc2c1C(=O)C(=O)N1CCCC(Oc2ccc(N(C)C)nn2)C1. The Labute approximate surface area is 174 Å². The number of benzene rings is 1. The van der Waals surface area contributed by atoms with Crippen LogP contribution < -0.4 is 9.64 Å². The van der Waals surface area contributed by atoms with Crippen molar-refractivity contribution in [1.29, 1.82) is 0 Å². The van der Waals surface area contributed by atoms with Gasteiger partial charge in [-0.3, -0.25) is 9.59 Å². The largest absolute Gasteiger partial charge is 0.471 e. The summed E-state index contributed by atoms with van der Waals surface area (Å²) in [6.07, 6.45) is 1.33. The van der Waals surface area contributed by atoms with Crippen LogP contribution in [0, 0.1) is 6.92 Å². The number of amides is 1. The average molecular weight is 407 g/mol. The van der Waals surface area contributed by atoms with Crippen LogP contribution in [0.3, 0.4) is 0 Å². The summed E-state index contributed by atoms with van der Waals surface area (Å²) in [5.41, 5.74) is 2.00. The van der Waals surface area contributed by atoms with Crippen molar-refractivity contribution in [3.63, 3.8) is 0 Å². The number of carbonyl (C=O) groups is 2. The number of nitrogens with zero attached hydrogens (tertiary/aromatic N) is 4. The number of nitrogens with one attached hydrogen (secondary N) is 1. The molecule has 8 nitrogen and oxygen atoms in total. The summed E-state index contributed by atoms with van der Waals surface area (Å²) in [6.45, 7) is 2.71. The molecule has 0 aliphatic carbocycles. The highest BCUT2D eigenvalue weighted by molar-refractivity contribution is 6.45. The zero-order valence-electron chi connectivity index (χ0n) is 17.4. The third-order valence-corrected chi connectivity index (χ3v) is 5.35. The molecule has 3 aromatic rings. The fourth-order valence-corrected chi connectivity index (χ4v) is 3.82. The minimum Gasteiger partial charge on any atom is -0.471 e. The molecule has 1 unspecified atom stereocenters. The number of piperidine rings is 1. The average Bonchev–Trinajstić information content (AvgIpc) is 3.09. The van der Waals surface area contributed by atoms with Gasteiger partial charge in [-0.2, -0.15) is 0 Å².